The second-order valence-electron chi connectivity index (χ2n) is 3.97. The molecule has 0 fully saturated rings. The number of amides is 1. The van der Waals surface area contributed by atoms with Gasteiger partial charge in [-0.15, -0.1) is 0 Å². The molecular formula is C13H13N3O3. The van der Waals surface area contributed by atoms with Crippen molar-refractivity contribution in [3.05, 3.63) is 47.3 Å². The fraction of sp³-hybridized carbons (Fsp3) is 0.154. The van der Waals surface area contributed by atoms with Crippen molar-refractivity contribution < 1.29 is 14.3 Å². The number of rotatable bonds is 3. The Morgan fingerprint density at radius 2 is 2.16 bits per heavy atom. The molecule has 6 nitrogen and oxygen atoms in total. The summed E-state index contributed by atoms with van der Waals surface area (Å²) in [5, 5.41) is 8.82. The summed E-state index contributed by atoms with van der Waals surface area (Å²) < 4.78 is 4.58. The van der Waals surface area contributed by atoms with E-state index in [1.807, 2.05) is 13.0 Å². The lowest BCUT2D eigenvalue weighted by Gasteiger charge is -2.05. The number of carbonyl (C=O) groups is 2. The van der Waals surface area contributed by atoms with Crippen molar-refractivity contribution in [2.45, 2.75) is 6.92 Å². The number of methoxy groups -OCH3 is 1. The minimum absolute atomic E-state index is 0.114. The molecule has 98 valence electrons. The number of carbonyl (C=O) groups excluding carboxylic acids is 2. The molecule has 2 rings (SSSR count). The molecule has 19 heavy (non-hydrogen) atoms. The summed E-state index contributed by atoms with van der Waals surface area (Å²) in [6.07, 6.45) is 1.36. The maximum Gasteiger partial charge on any atom is 0.358 e. The first kappa shape index (κ1) is 12.8. The molecule has 0 aliphatic rings. The van der Waals surface area contributed by atoms with Crippen molar-refractivity contribution in [1.82, 2.24) is 10.2 Å². The van der Waals surface area contributed by atoms with Gasteiger partial charge in [0.1, 0.15) is 0 Å². The molecule has 0 radical (unpaired) electrons. The van der Waals surface area contributed by atoms with Crippen LogP contribution in [0.2, 0.25) is 0 Å². The average Bonchev–Trinajstić information content (AvgIpc) is 2.86. The summed E-state index contributed by atoms with van der Waals surface area (Å²) in [5.41, 5.74) is 1.90. The molecule has 0 saturated heterocycles. The fourth-order valence-electron chi connectivity index (χ4n) is 1.62. The summed E-state index contributed by atoms with van der Waals surface area (Å²) in [7, 11) is 1.26. The van der Waals surface area contributed by atoms with E-state index < -0.39 is 5.97 Å². The van der Waals surface area contributed by atoms with Gasteiger partial charge in [-0.1, -0.05) is 17.7 Å². The SMILES string of the molecule is COC(=O)c1[nH]ncc1NC(=O)c1cccc(C)c1. The van der Waals surface area contributed by atoms with Gasteiger partial charge in [-0.2, -0.15) is 5.10 Å². The average molecular weight is 259 g/mol. The van der Waals surface area contributed by atoms with Crippen LogP contribution in [0.5, 0.6) is 0 Å². The quantitative estimate of drug-likeness (QED) is 0.822. The van der Waals surface area contributed by atoms with E-state index >= 15 is 0 Å². The van der Waals surface area contributed by atoms with Gasteiger partial charge in [0, 0.05) is 5.56 Å². The lowest BCUT2D eigenvalue weighted by atomic mass is 10.1. The van der Waals surface area contributed by atoms with E-state index in [0.29, 0.717) is 11.3 Å². The van der Waals surface area contributed by atoms with Gasteiger partial charge in [0.2, 0.25) is 0 Å². The summed E-state index contributed by atoms with van der Waals surface area (Å²) in [5.74, 6) is -0.896. The number of nitrogens with one attached hydrogen (secondary N) is 2. The first-order valence-corrected chi connectivity index (χ1v) is 5.61. The predicted octanol–water partition coefficient (Wildman–Crippen LogP) is 1.76. The Labute approximate surface area is 109 Å². The van der Waals surface area contributed by atoms with Crippen LogP contribution in [0.4, 0.5) is 5.69 Å². The largest absolute Gasteiger partial charge is 0.464 e. The molecule has 6 heteroatoms. The molecule has 1 amide bonds. The second-order valence-corrected chi connectivity index (χ2v) is 3.97. The van der Waals surface area contributed by atoms with Gasteiger partial charge >= 0.3 is 5.97 Å². The monoisotopic (exact) mass is 259 g/mol. The van der Waals surface area contributed by atoms with Crippen molar-refractivity contribution in [2.75, 3.05) is 12.4 Å². The van der Waals surface area contributed by atoms with Crippen LogP contribution >= 0.6 is 0 Å². The van der Waals surface area contributed by atoms with Crippen molar-refractivity contribution >= 4 is 17.6 Å². The molecule has 0 bridgehead atoms. The lowest BCUT2D eigenvalue weighted by Crippen LogP contribution is -2.14. The van der Waals surface area contributed by atoms with Crippen molar-refractivity contribution in [1.29, 1.82) is 0 Å². The van der Waals surface area contributed by atoms with Crippen molar-refractivity contribution in [3.63, 3.8) is 0 Å². The number of aromatic amines is 1. The Kier molecular flexibility index (Phi) is 3.61. The van der Waals surface area contributed by atoms with Crippen LogP contribution in [0.1, 0.15) is 26.4 Å². The third-order valence-electron chi connectivity index (χ3n) is 2.56. The van der Waals surface area contributed by atoms with E-state index in [9.17, 15) is 9.59 Å². The zero-order valence-corrected chi connectivity index (χ0v) is 10.6. The van der Waals surface area contributed by atoms with E-state index in [0.717, 1.165) is 5.56 Å². The molecule has 0 aliphatic heterocycles. The van der Waals surface area contributed by atoms with Gasteiger partial charge < -0.3 is 10.1 Å². The van der Waals surface area contributed by atoms with Crippen molar-refractivity contribution in [3.8, 4) is 0 Å². The van der Waals surface area contributed by atoms with Gasteiger partial charge in [0.05, 0.1) is 19.0 Å². The molecule has 1 aromatic heterocycles. The molecule has 1 heterocycles. The van der Waals surface area contributed by atoms with Crippen LogP contribution in [0.3, 0.4) is 0 Å². The van der Waals surface area contributed by atoms with Crippen LogP contribution in [0.25, 0.3) is 0 Å². The number of benzene rings is 1. The smallest absolute Gasteiger partial charge is 0.358 e. The predicted molar refractivity (Wildman–Crippen MR) is 69.1 cm³/mol. The standard InChI is InChI=1S/C13H13N3O3/c1-8-4-3-5-9(6-8)12(17)15-10-7-14-16-11(10)13(18)19-2/h3-7H,1-2H3,(H,14,16)(H,15,17). The lowest BCUT2D eigenvalue weighted by molar-refractivity contribution is 0.0595. The highest BCUT2D eigenvalue weighted by molar-refractivity contribution is 6.07. The van der Waals surface area contributed by atoms with Gasteiger partial charge in [0.25, 0.3) is 5.91 Å². The highest BCUT2D eigenvalue weighted by Gasteiger charge is 2.16. The maximum atomic E-state index is 12.0. The Hall–Kier alpha value is -2.63. The second kappa shape index (κ2) is 5.34. The number of hydrogen-bond acceptors (Lipinski definition) is 4. The highest BCUT2D eigenvalue weighted by Crippen LogP contribution is 2.14. The van der Waals surface area contributed by atoms with Gasteiger partial charge in [0.15, 0.2) is 5.69 Å². The third kappa shape index (κ3) is 2.79. The fourth-order valence-corrected chi connectivity index (χ4v) is 1.62. The minimum Gasteiger partial charge on any atom is -0.464 e. The number of aryl methyl sites for hydroxylation is 1. The zero-order valence-electron chi connectivity index (χ0n) is 10.6. The third-order valence-corrected chi connectivity index (χ3v) is 2.56. The number of H-pyrrole nitrogens is 1. The van der Waals surface area contributed by atoms with E-state index in [1.165, 1.54) is 13.3 Å². The Balaban J connectivity index is 2.20. The molecular weight excluding hydrogens is 246 g/mol. The van der Waals surface area contributed by atoms with Crippen LogP contribution in [-0.4, -0.2) is 29.2 Å². The van der Waals surface area contributed by atoms with Crippen LogP contribution in [0, 0.1) is 6.92 Å². The maximum absolute atomic E-state index is 12.0. The van der Waals surface area contributed by atoms with E-state index in [2.05, 4.69) is 20.3 Å². The number of anilines is 1. The highest BCUT2D eigenvalue weighted by atomic mass is 16.5. The molecule has 0 unspecified atom stereocenters. The summed E-state index contributed by atoms with van der Waals surface area (Å²) in [4.78, 5) is 23.4. The van der Waals surface area contributed by atoms with Gasteiger partial charge in [-0.05, 0) is 19.1 Å². The van der Waals surface area contributed by atoms with Crippen LogP contribution in [0.15, 0.2) is 30.5 Å². The molecule has 1 aromatic carbocycles. The minimum atomic E-state index is -0.586. The normalized spacial score (nSPS) is 10.0. The molecule has 0 saturated carbocycles. The molecule has 2 aromatic rings. The topological polar surface area (TPSA) is 84.1 Å². The first-order valence-electron chi connectivity index (χ1n) is 5.61. The first-order chi connectivity index (χ1) is 9.11. The summed E-state index contributed by atoms with van der Waals surface area (Å²) in [6, 6.07) is 7.14. The number of ether oxygens (including phenoxy) is 1. The number of esters is 1. The van der Waals surface area contributed by atoms with Crippen LogP contribution in [-0.2, 0) is 4.74 Å². The Morgan fingerprint density at radius 3 is 2.84 bits per heavy atom. The number of hydrogen-bond donors (Lipinski definition) is 2. The van der Waals surface area contributed by atoms with Gasteiger partial charge in [-0.3, -0.25) is 9.89 Å². The van der Waals surface area contributed by atoms with Crippen molar-refractivity contribution in [2.24, 2.45) is 0 Å². The summed E-state index contributed by atoms with van der Waals surface area (Å²) >= 11 is 0. The number of nitrogens with zero attached hydrogens (tertiary/aromatic N) is 1. The molecule has 0 spiro atoms. The Bertz CT molecular complexity index is 619. The van der Waals surface area contributed by atoms with E-state index in [4.69, 9.17) is 0 Å². The van der Waals surface area contributed by atoms with E-state index in [-0.39, 0.29) is 11.6 Å². The molecule has 0 aliphatic carbocycles. The molecule has 2 N–H and O–H groups in total. The summed E-state index contributed by atoms with van der Waals surface area (Å²) in [6.45, 7) is 1.90. The van der Waals surface area contributed by atoms with E-state index in [1.54, 1.807) is 18.2 Å². The zero-order chi connectivity index (χ0) is 13.8. The van der Waals surface area contributed by atoms with Crippen LogP contribution < -0.4 is 5.32 Å². The Morgan fingerprint density at radius 1 is 1.37 bits per heavy atom. The molecule has 0 atom stereocenters. The van der Waals surface area contributed by atoms with Gasteiger partial charge in [-0.25, -0.2) is 4.79 Å². The number of aromatic nitrogens is 2.